The standard InChI is InChI=1S/C9H6O3/c10-8-5-9(12-11)7-4-2-1-3-6(7)8/h1-5,11H. The number of rotatable bonds is 1. The second kappa shape index (κ2) is 2.46. The Hall–Kier alpha value is -1.61. The molecule has 0 unspecified atom stereocenters. The highest BCUT2D eigenvalue weighted by atomic mass is 17.1. The van der Waals surface area contributed by atoms with Gasteiger partial charge in [0.15, 0.2) is 11.5 Å². The Labute approximate surface area is 68.8 Å². The Morgan fingerprint density at radius 3 is 2.50 bits per heavy atom. The Morgan fingerprint density at radius 1 is 1.17 bits per heavy atom. The van der Waals surface area contributed by atoms with Crippen LogP contribution in [-0.4, -0.2) is 11.0 Å². The van der Waals surface area contributed by atoms with Crippen molar-refractivity contribution >= 4 is 11.5 Å². The second-order valence-corrected chi connectivity index (χ2v) is 2.51. The molecular formula is C9H6O3. The molecule has 3 heteroatoms. The molecule has 3 nitrogen and oxygen atoms in total. The Bertz CT molecular complexity index is 366. The molecule has 0 amide bonds. The average Bonchev–Trinajstić information content (AvgIpc) is 2.44. The first-order valence-electron chi connectivity index (χ1n) is 3.50. The van der Waals surface area contributed by atoms with Gasteiger partial charge in [-0.3, -0.25) is 4.79 Å². The molecule has 60 valence electrons. The maximum absolute atomic E-state index is 11.2. The van der Waals surface area contributed by atoms with Gasteiger partial charge in [-0.05, 0) is 0 Å². The van der Waals surface area contributed by atoms with Crippen LogP contribution in [0.25, 0.3) is 5.76 Å². The highest BCUT2D eigenvalue weighted by Gasteiger charge is 2.21. The lowest BCUT2D eigenvalue weighted by atomic mass is 10.1. The molecule has 0 spiro atoms. The van der Waals surface area contributed by atoms with Gasteiger partial charge in [-0.1, -0.05) is 24.3 Å². The van der Waals surface area contributed by atoms with Crippen LogP contribution in [0.1, 0.15) is 15.9 Å². The number of carbonyl (C=O) groups excluding carboxylic acids is 1. The van der Waals surface area contributed by atoms with Gasteiger partial charge in [0, 0.05) is 17.2 Å². The molecule has 1 aliphatic carbocycles. The van der Waals surface area contributed by atoms with Crippen molar-refractivity contribution in [3.05, 3.63) is 41.5 Å². The number of carbonyl (C=O) groups is 1. The van der Waals surface area contributed by atoms with Crippen molar-refractivity contribution < 1.29 is 14.9 Å². The van der Waals surface area contributed by atoms with E-state index >= 15 is 0 Å². The molecule has 0 saturated carbocycles. The predicted molar refractivity (Wildman–Crippen MR) is 42.5 cm³/mol. The average molecular weight is 162 g/mol. The molecule has 0 radical (unpaired) electrons. The zero-order valence-corrected chi connectivity index (χ0v) is 6.15. The second-order valence-electron chi connectivity index (χ2n) is 2.51. The molecule has 2 rings (SSSR count). The van der Waals surface area contributed by atoms with Gasteiger partial charge in [0.05, 0.1) is 0 Å². The van der Waals surface area contributed by atoms with Crippen LogP contribution in [-0.2, 0) is 4.89 Å². The summed E-state index contributed by atoms with van der Waals surface area (Å²) in [6.45, 7) is 0. The van der Waals surface area contributed by atoms with E-state index in [1.165, 1.54) is 6.08 Å². The minimum atomic E-state index is -0.130. The van der Waals surface area contributed by atoms with Gasteiger partial charge in [-0.15, -0.1) is 0 Å². The van der Waals surface area contributed by atoms with E-state index in [1.54, 1.807) is 24.3 Å². The fourth-order valence-corrected chi connectivity index (χ4v) is 1.26. The molecule has 0 aromatic heterocycles. The molecule has 12 heavy (non-hydrogen) atoms. The first-order valence-corrected chi connectivity index (χ1v) is 3.50. The maximum Gasteiger partial charge on any atom is 0.190 e. The molecule has 0 saturated heterocycles. The van der Waals surface area contributed by atoms with Crippen LogP contribution in [0.15, 0.2) is 30.3 Å². The van der Waals surface area contributed by atoms with Crippen molar-refractivity contribution in [2.75, 3.05) is 0 Å². The number of fused-ring (bicyclic) bond motifs is 1. The van der Waals surface area contributed by atoms with Gasteiger partial charge >= 0.3 is 0 Å². The van der Waals surface area contributed by atoms with E-state index in [0.717, 1.165) is 0 Å². The fourth-order valence-electron chi connectivity index (χ4n) is 1.26. The van der Waals surface area contributed by atoms with Gasteiger partial charge in [0.25, 0.3) is 0 Å². The van der Waals surface area contributed by atoms with E-state index in [9.17, 15) is 4.79 Å². The highest BCUT2D eigenvalue weighted by Crippen LogP contribution is 2.26. The number of allylic oxidation sites excluding steroid dienone is 1. The van der Waals surface area contributed by atoms with Gasteiger partial charge in [-0.25, -0.2) is 5.26 Å². The molecule has 1 N–H and O–H groups in total. The van der Waals surface area contributed by atoms with Crippen molar-refractivity contribution in [3.8, 4) is 0 Å². The Balaban J connectivity index is 2.60. The first-order chi connectivity index (χ1) is 5.83. The number of ketones is 1. The summed E-state index contributed by atoms with van der Waals surface area (Å²) in [7, 11) is 0. The first kappa shape index (κ1) is 7.06. The van der Waals surface area contributed by atoms with Crippen molar-refractivity contribution in [2.24, 2.45) is 0 Å². The van der Waals surface area contributed by atoms with E-state index in [-0.39, 0.29) is 11.5 Å². The van der Waals surface area contributed by atoms with Gasteiger partial charge in [0.1, 0.15) is 0 Å². The minimum Gasteiger partial charge on any atom is -0.339 e. The fraction of sp³-hybridized carbons (Fsp3) is 0. The topological polar surface area (TPSA) is 46.5 Å². The zero-order valence-electron chi connectivity index (χ0n) is 6.15. The molecule has 1 aromatic carbocycles. The summed E-state index contributed by atoms with van der Waals surface area (Å²) in [4.78, 5) is 15.2. The zero-order chi connectivity index (χ0) is 8.55. The van der Waals surface area contributed by atoms with Crippen LogP contribution < -0.4 is 0 Å². The summed E-state index contributed by atoms with van der Waals surface area (Å²) in [6.07, 6.45) is 1.27. The van der Waals surface area contributed by atoms with E-state index < -0.39 is 0 Å². The van der Waals surface area contributed by atoms with Crippen molar-refractivity contribution in [1.82, 2.24) is 0 Å². The molecule has 0 heterocycles. The number of hydrogen-bond acceptors (Lipinski definition) is 3. The Morgan fingerprint density at radius 2 is 1.83 bits per heavy atom. The van der Waals surface area contributed by atoms with Crippen molar-refractivity contribution in [2.45, 2.75) is 0 Å². The van der Waals surface area contributed by atoms with Crippen LogP contribution in [0, 0.1) is 0 Å². The molecule has 0 aliphatic heterocycles. The van der Waals surface area contributed by atoms with E-state index in [0.29, 0.717) is 11.1 Å². The van der Waals surface area contributed by atoms with Crippen molar-refractivity contribution in [1.29, 1.82) is 0 Å². The lowest BCUT2D eigenvalue weighted by Crippen LogP contribution is -1.90. The van der Waals surface area contributed by atoms with E-state index in [2.05, 4.69) is 4.89 Å². The van der Waals surface area contributed by atoms with E-state index in [1.807, 2.05) is 0 Å². The largest absolute Gasteiger partial charge is 0.339 e. The van der Waals surface area contributed by atoms with Crippen LogP contribution in [0.2, 0.25) is 0 Å². The molecular weight excluding hydrogens is 156 g/mol. The minimum absolute atomic E-state index is 0.130. The summed E-state index contributed by atoms with van der Waals surface area (Å²) >= 11 is 0. The third-order valence-electron chi connectivity index (χ3n) is 1.82. The molecule has 1 aromatic rings. The lowest BCUT2D eigenvalue weighted by Gasteiger charge is -1.98. The van der Waals surface area contributed by atoms with Crippen LogP contribution in [0.4, 0.5) is 0 Å². The monoisotopic (exact) mass is 162 g/mol. The summed E-state index contributed by atoms with van der Waals surface area (Å²) in [5.74, 6) is 0.0882. The van der Waals surface area contributed by atoms with Crippen molar-refractivity contribution in [3.63, 3.8) is 0 Å². The summed E-state index contributed by atoms with van der Waals surface area (Å²) in [6, 6.07) is 6.97. The maximum atomic E-state index is 11.2. The molecule has 0 bridgehead atoms. The summed E-state index contributed by atoms with van der Waals surface area (Å²) in [5.41, 5.74) is 1.21. The number of hydrogen-bond donors (Lipinski definition) is 1. The van der Waals surface area contributed by atoms with Crippen LogP contribution >= 0.6 is 0 Å². The summed E-state index contributed by atoms with van der Waals surface area (Å²) in [5, 5.41) is 8.41. The summed E-state index contributed by atoms with van der Waals surface area (Å²) < 4.78 is 0. The predicted octanol–water partition coefficient (Wildman–Crippen LogP) is 1.71. The van der Waals surface area contributed by atoms with Gasteiger partial charge in [0.2, 0.25) is 0 Å². The lowest BCUT2D eigenvalue weighted by molar-refractivity contribution is -0.169. The smallest absolute Gasteiger partial charge is 0.190 e. The van der Waals surface area contributed by atoms with Crippen LogP contribution in [0.3, 0.4) is 0 Å². The van der Waals surface area contributed by atoms with Crippen LogP contribution in [0.5, 0.6) is 0 Å². The quantitative estimate of drug-likeness (QED) is 0.505. The molecule has 0 fully saturated rings. The normalized spacial score (nSPS) is 14.1. The van der Waals surface area contributed by atoms with Gasteiger partial charge in [-0.2, -0.15) is 0 Å². The third-order valence-corrected chi connectivity index (χ3v) is 1.82. The SMILES string of the molecule is O=C1C=C(OO)c2ccccc21. The van der Waals surface area contributed by atoms with E-state index in [4.69, 9.17) is 5.26 Å². The Kier molecular flexibility index (Phi) is 1.45. The van der Waals surface area contributed by atoms with Gasteiger partial charge < -0.3 is 4.89 Å². The molecule has 0 atom stereocenters. The third kappa shape index (κ3) is 0.838. The molecule has 1 aliphatic rings. The number of benzene rings is 1. The highest BCUT2D eigenvalue weighted by molar-refractivity contribution is 6.15.